The molecule has 0 spiro atoms. The zero-order valence-electron chi connectivity index (χ0n) is 17.2. The van der Waals surface area contributed by atoms with Crippen molar-refractivity contribution < 1.29 is 4.43 Å². The van der Waals surface area contributed by atoms with E-state index in [2.05, 4.69) is 60.3 Å². The fraction of sp³-hybridized carbons (Fsp3) is 0.667. The van der Waals surface area contributed by atoms with Crippen molar-refractivity contribution in [1.29, 1.82) is 0 Å². The van der Waals surface area contributed by atoms with Crippen LogP contribution in [0.25, 0.3) is 0 Å². The van der Waals surface area contributed by atoms with Crippen molar-refractivity contribution in [2.24, 2.45) is 0 Å². The topological polar surface area (TPSA) is 55.7 Å². The Bertz CT molecular complexity index is 627. The Morgan fingerprint density at radius 1 is 1.08 bits per heavy atom. The summed E-state index contributed by atoms with van der Waals surface area (Å²) in [5.41, 5.74) is 4.58. The average molecular weight is 387 g/mol. The summed E-state index contributed by atoms with van der Waals surface area (Å²) in [5.74, 6) is 0. The van der Waals surface area contributed by atoms with Crippen LogP contribution in [0, 0.1) is 27.7 Å². The van der Waals surface area contributed by atoms with Crippen LogP contribution in [0.2, 0.25) is 18.1 Å². The van der Waals surface area contributed by atoms with Gasteiger partial charge < -0.3 is 14.0 Å². The first-order chi connectivity index (χ1) is 11.0. The molecule has 7 heteroatoms. The average Bonchev–Trinajstić information content (AvgIpc) is 2.98. The highest BCUT2D eigenvalue weighted by atomic mass is 35.5. The maximum Gasteiger partial charge on any atom is 0.192 e. The molecule has 0 aliphatic carbocycles. The number of imidazole rings is 2. The molecule has 2 rings (SSSR count). The van der Waals surface area contributed by atoms with Crippen molar-refractivity contribution in [2.45, 2.75) is 73.1 Å². The highest BCUT2D eigenvalue weighted by Crippen LogP contribution is 2.36. The number of aromatic amines is 1. The van der Waals surface area contributed by atoms with E-state index in [1.165, 1.54) is 5.69 Å². The lowest BCUT2D eigenvalue weighted by atomic mass is 10.2. The lowest BCUT2D eigenvalue weighted by Crippen LogP contribution is -2.41. The van der Waals surface area contributed by atoms with Gasteiger partial charge in [0.1, 0.15) is 0 Å². The van der Waals surface area contributed by atoms with Gasteiger partial charge in [0, 0.05) is 17.9 Å². The van der Waals surface area contributed by atoms with Crippen LogP contribution < -0.4 is 0 Å². The molecular formula is C18H35ClN4OSi. The SMILES string of the molecule is Cc1nc[nH]c1C.Cc1ncn(CCO[Si](C)(C)C(C)(C)C)c1C.Cl. The minimum Gasteiger partial charge on any atom is -0.415 e. The van der Waals surface area contributed by atoms with Crippen LogP contribution in [0.4, 0.5) is 0 Å². The van der Waals surface area contributed by atoms with E-state index in [1.54, 1.807) is 6.33 Å². The van der Waals surface area contributed by atoms with Gasteiger partial charge in [-0.15, -0.1) is 12.4 Å². The van der Waals surface area contributed by atoms with Gasteiger partial charge >= 0.3 is 0 Å². The summed E-state index contributed by atoms with van der Waals surface area (Å²) >= 11 is 0. The Morgan fingerprint density at radius 2 is 1.68 bits per heavy atom. The molecule has 5 nitrogen and oxygen atoms in total. The van der Waals surface area contributed by atoms with E-state index < -0.39 is 8.32 Å². The molecule has 0 saturated carbocycles. The second kappa shape index (κ2) is 9.55. The summed E-state index contributed by atoms with van der Waals surface area (Å²) in [6.45, 7) is 21.2. The third kappa shape index (κ3) is 6.96. The summed E-state index contributed by atoms with van der Waals surface area (Å²) in [6, 6.07) is 0. The molecular weight excluding hydrogens is 352 g/mol. The minimum absolute atomic E-state index is 0. The molecule has 25 heavy (non-hydrogen) atoms. The van der Waals surface area contributed by atoms with Crippen molar-refractivity contribution in [1.82, 2.24) is 19.5 Å². The maximum atomic E-state index is 6.15. The van der Waals surface area contributed by atoms with Crippen LogP contribution in [-0.4, -0.2) is 34.4 Å². The van der Waals surface area contributed by atoms with Crippen molar-refractivity contribution in [3.8, 4) is 0 Å². The number of nitrogens with zero attached hydrogens (tertiary/aromatic N) is 3. The molecule has 0 radical (unpaired) electrons. The van der Waals surface area contributed by atoms with E-state index in [0.29, 0.717) is 0 Å². The number of H-pyrrole nitrogens is 1. The highest BCUT2D eigenvalue weighted by Gasteiger charge is 2.36. The molecule has 0 fully saturated rings. The van der Waals surface area contributed by atoms with Crippen molar-refractivity contribution >= 4 is 20.7 Å². The van der Waals surface area contributed by atoms with Gasteiger partial charge in [-0.3, -0.25) is 0 Å². The summed E-state index contributed by atoms with van der Waals surface area (Å²) in [6.07, 6.45) is 3.60. The monoisotopic (exact) mass is 386 g/mol. The van der Waals surface area contributed by atoms with E-state index in [9.17, 15) is 0 Å². The predicted octanol–water partition coefficient (Wildman–Crippen LogP) is 4.97. The first-order valence-corrected chi connectivity index (χ1v) is 11.5. The van der Waals surface area contributed by atoms with Crippen LogP contribution in [0.1, 0.15) is 43.5 Å². The molecule has 2 aromatic heterocycles. The molecule has 2 aromatic rings. The number of hydrogen-bond acceptors (Lipinski definition) is 3. The number of aromatic nitrogens is 4. The molecule has 0 aromatic carbocycles. The first kappa shape index (κ1) is 23.9. The van der Waals surface area contributed by atoms with Crippen LogP contribution in [-0.2, 0) is 11.0 Å². The molecule has 144 valence electrons. The molecule has 1 N–H and O–H groups in total. The Hall–Kier alpha value is -1.11. The summed E-state index contributed by atoms with van der Waals surface area (Å²) in [5, 5.41) is 0.285. The van der Waals surface area contributed by atoms with Gasteiger partial charge in [0.15, 0.2) is 8.32 Å². The van der Waals surface area contributed by atoms with E-state index >= 15 is 0 Å². The normalized spacial score (nSPS) is 11.6. The van der Waals surface area contributed by atoms with Gasteiger partial charge in [-0.05, 0) is 45.8 Å². The van der Waals surface area contributed by atoms with E-state index in [0.717, 1.165) is 30.2 Å². The van der Waals surface area contributed by atoms with Crippen molar-refractivity contribution in [3.63, 3.8) is 0 Å². The third-order valence-corrected chi connectivity index (χ3v) is 9.57. The van der Waals surface area contributed by atoms with Crippen LogP contribution in [0.3, 0.4) is 0 Å². The fourth-order valence-corrected chi connectivity index (χ4v) is 2.85. The predicted molar refractivity (Wildman–Crippen MR) is 110 cm³/mol. The molecule has 0 unspecified atom stereocenters. The Balaban J connectivity index is 0.000000603. The summed E-state index contributed by atoms with van der Waals surface area (Å²) < 4.78 is 8.32. The molecule has 2 heterocycles. The number of halogens is 1. The molecule has 0 bridgehead atoms. The molecule has 0 amide bonds. The lowest BCUT2D eigenvalue weighted by Gasteiger charge is -2.36. The van der Waals surface area contributed by atoms with E-state index in [4.69, 9.17) is 4.43 Å². The number of rotatable bonds is 4. The Morgan fingerprint density at radius 3 is 2.00 bits per heavy atom. The van der Waals surface area contributed by atoms with Crippen LogP contribution in [0.15, 0.2) is 12.7 Å². The molecule has 0 aliphatic rings. The summed E-state index contributed by atoms with van der Waals surface area (Å²) in [4.78, 5) is 11.2. The number of nitrogens with one attached hydrogen (secondary N) is 1. The first-order valence-electron chi connectivity index (χ1n) is 8.54. The Kier molecular flexibility index (Phi) is 9.12. The minimum atomic E-state index is -1.60. The van der Waals surface area contributed by atoms with Gasteiger partial charge in [0.2, 0.25) is 0 Å². The Labute approximate surface area is 160 Å². The zero-order valence-corrected chi connectivity index (χ0v) is 19.0. The second-order valence-electron chi connectivity index (χ2n) is 7.83. The lowest BCUT2D eigenvalue weighted by molar-refractivity contribution is 0.271. The van der Waals surface area contributed by atoms with Gasteiger partial charge in [-0.2, -0.15) is 0 Å². The number of hydrogen-bond donors (Lipinski definition) is 1. The largest absolute Gasteiger partial charge is 0.415 e. The van der Waals surface area contributed by atoms with Crippen molar-refractivity contribution in [3.05, 3.63) is 35.4 Å². The van der Waals surface area contributed by atoms with Gasteiger partial charge in [-0.25, -0.2) is 9.97 Å². The molecule has 0 aliphatic heterocycles. The van der Waals surface area contributed by atoms with Gasteiger partial charge in [0.05, 0.1) is 30.6 Å². The molecule has 0 saturated heterocycles. The van der Waals surface area contributed by atoms with Crippen LogP contribution >= 0.6 is 12.4 Å². The fourth-order valence-electron chi connectivity index (χ4n) is 1.81. The molecule has 0 atom stereocenters. The maximum absolute atomic E-state index is 6.15. The third-order valence-electron chi connectivity index (χ3n) is 5.03. The highest BCUT2D eigenvalue weighted by molar-refractivity contribution is 6.74. The van der Waals surface area contributed by atoms with Gasteiger partial charge in [0.25, 0.3) is 0 Å². The van der Waals surface area contributed by atoms with E-state index in [1.807, 2.05) is 27.1 Å². The number of aryl methyl sites for hydroxylation is 3. The van der Waals surface area contributed by atoms with Crippen molar-refractivity contribution in [2.75, 3.05) is 6.61 Å². The zero-order chi connectivity index (χ0) is 18.5. The second-order valence-corrected chi connectivity index (χ2v) is 12.6. The smallest absolute Gasteiger partial charge is 0.192 e. The van der Waals surface area contributed by atoms with E-state index in [-0.39, 0.29) is 17.4 Å². The standard InChI is InChI=1S/C13H26N2OSi.C5H8N2.ClH/c1-11-12(2)15(10-14-11)8-9-16-17(6,7)13(3,4)5;1-4-5(2)7-3-6-4;/h10H,8-9H2,1-7H3;3H,1-2H3,(H,6,7);1H. The van der Waals surface area contributed by atoms with Gasteiger partial charge in [-0.1, -0.05) is 20.8 Å². The quantitative estimate of drug-likeness (QED) is 0.754. The summed E-state index contributed by atoms with van der Waals surface area (Å²) in [7, 11) is -1.60. The van der Waals surface area contributed by atoms with Crippen LogP contribution in [0.5, 0.6) is 0 Å².